The number of benzene rings is 1. The molecule has 1 fully saturated rings. The maximum Gasteiger partial charge on any atom is 0.391 e. The molecule has 1 aliphatic rings. The Kier molecular flexibility index (Phi) is 12.2. The third-order valence-corrected chi connectivity index (χ3v) is 7.26. The van der Waals surface area contributed by atoms with Gasteiger partial charge >= 0.3 is 24.4 Å². The number of halogens is 6. The van der Waals surface area contributed by atoms with E-state index in [-0.39, 0.29) is 53.0 Å². The standard InChI is InChI=1S/C25H31ClF5N3O4.O2S/c1-4-34-21(16-6-5-15(10-14(3)25(29,30)31)11-17(16)38-23(27)28)19(26)20(33-34)22(36)32-12-24(37)8-7-13(2)9-18(24)35;1-3-2/h5-6,11,13-14,18,23,35,37H,4,7-10,12H2,1-3H3,(H,32,36);/t13-,14-,18-,24-;/m1./s1. The monoisotopic (exact) mass is 631 g/mol. The number of carbonyl (C=O) groups excluding carboxylic acids is 1. The van der Waals surface area contributed by atoms with Crippen LogP contribution in [0.1, 0.15) is 56.1 Å². The van der Waals surface area contributed by atoms with E-state index in [0.717, 1.165) is 13.0 Å². The molecule has 0 aliphatic heterocycles. The Morgan fingerprint density at radius 1 is 1.34 bits per heavy atom. The van der Waals surface area contributed by atoms with Crippen molar-refractivity contribution in [2.24, 2.45) is 11.8 Å². The fraction of sp³-hybridized carbons (Fsp3) is 0.600. The van der Waals surface area contributed by atoms with Gasteiger partial charge in [0.15, 0.2) is 5.69 Å². The molecule has 0 bridgehead atoms. The van der Waals surface area contributed by atoms with Crippen LogP contribution in [0.4, 0.5) is 22.0 Å². The van der Waals surface area contributed by atoms with Gasteiger partial charge in [0.2, 0.25) is 0 Å². The Morgan fingerprint density at radius 3 is 2.51 bits per heavy atom. The van der Waals surface area contributed by atoms with E-state index in [1.54, 1.807) is 6.92 Å². The minimum atomic E-state index is -4.46. The van der Waals surface area contributed by atoms with E-state index in [1.807, 2.05) is 6.92 Å². The van der Waals surface area contributed by atoms with Crippen molar-refractivity contribution in [3.8, 4) is 17.0 Å². The van der Waals surface area contributed by atoms with Gasteiger partial charge in [-0.25, -0.2) is 0 Å². The molecular weight excluding hydrogens is 601 g/mol. The molecule has 0 unspecified atom stereocenters. The molecule has 2 aromatic rings. The first-order valence-corrected chi connectivity index (χ1v) is 13.6. The molecule has 16 heteroatoms. The maximum atomic E-state index is 13.2. The number of carbonyl (C=O) groups is 1. The molecule has 4 atom stereocenters. The second kappa shape index (κ2) is 14.5. The summed E-state index contributed by atoms with van der Waals surface area (Å²) in [5.41, 5.74) is -1.56. The summed E-state index contributed by atoms with van der Waals surface area (Å²) in [5.74, 6) is -2.65. The second-order valence-electron chi connectivity index (χ2n) is 9.93. The molecule has 1 aromatic heterocycles. The first-order chi connectivity index (χ1) is 19.1. The lowest BCUT2D eigenvalue weighted by atomic mass is 9.77. The normalized spacial score (nSPS) is 21.6. The number of hydrogen-bond acceptors (Lipinski definition) is 7. The molecule has 3 rings (SSSR count). The lowest BCUT2D eigenvalue weighted by Gasteiger charge is -2.39. The predicted octanol–water partition coefficient (Wildman–Crippen LogP) is 4.54. The first-order valence-electron chi connectivity index (χ1n) is 12.6. The van der Waals surface area contributed by atoms with Gasteiger partial charge in [0.1, 0.15) is 11.4 Å². The summed E-state index contributed by atoms with van der Waals surface area (Å²) in [6.45, 7) is 1.26. The quantitative estimate of drug-likeness (QED) is 0.347. The van der Waals surface area contributed by atoms with E-state index in [0.29, 0.717) is 12.8 Å². The van der Waals surface area contributed by atoms with E-state index in [4.69, 9.17) is 20.0 Å². The Bertz CT molecular complexity index is 1240. The van der Waals surface area contributed by atoms with Gasteiger partial charge < -0.3 is 20.3 Å². The minimum absolute atomic E-state index is 0.0161. The van der Waals surface area contributed by atoms with Crippen molar-refractivity contribution >= 4 is 29.1 Å². The number of aliphatic hydroxyl groups is 2. The van der Waals surface area contributed by atoms with Crippen molar-refractivity contribution in [3.05, 3.63) is 34.5 Å². The molecule has 9 nitrogen and oxygen atoms in total. The summed E-state index contributed by atoms with van der Waals surface area (Å²) in [5, 5.41) is 27.6. The van der Waals surface area contributed by atoms with Crippen LogP contribution in [0, 0.1) is 11.8 Å². The predicted molar refractivity (Wildman–Crippen MR) is 139 cm³/mol. The average Bonchev–Trinajstić information content (AvgIpc) is 3.21. The third-order valence-electron chi connectivity index (χ3n) is 6.90. The molecule has 230 valence electrons. The Labute approximate surface area is 241 Å². The molecule has 1 saturated carbocycles. The molecule has 1 aliphatic carbocycles. The molecule has 41 heavy (non-hydrogen) atoms. The number of ether oxygens (including phenoxy) is 1. The number of aromatic nitrogens is 2. The Balaban J connectivity index is 0.00000187. The molecule has 1 heterocycles. The van der Waals surface area contributed by atoms with Crippen molar-refractivity contribution < 1.29 is 50.1 Å². The van der Waals surface area contributed by atoms with Crippen LogP contribution in [0.5, 0.6) is 5.75 Å². The fourth-order valence-corrected chi connectivity index (χ4v) is 4.85. The van der Waals surface area contributed by atoms with E-state index < -0.39 is 60.1 Å². The number of rotatable bonds is 9. The highest BCUT2D eigenvalue weighted by Gasteiger charge is 2.41. The lowest BCUT2D eigenvalue weighted by Crippen LogP contribution is -2.54. The van der Waals surface area contributed by atoms with Gasteiger partial charge in [0, 0.05) is 18.7 Å². The second-order valence-corrected chi connectivity index (χ2v) is 10.4. The largest absolute Gasteiger partial charge is 0.434 e. The number of alkyl halides is 5. The van der Waals surface area contributed by atoms with Crippen LogP contribution in [0.25, 0.3) is 11.3 Å². The minimum Gasteiger partial charge on any atom is -0.434 e. The van der Waals surface area contributed by atoms with Crippen molar-refractivity contribution in [3.63, 3.8) is 0 Å². The van der Waals surface area contributed by atoms with E-state index in [2.05, 4.69) is 15.2 Å². The van der Waals surface area contributed by atoms with Gasteiger partial charge in [-0.1, -0.05) is 31.5 Å². The van der Waals surface area contributed by atoms with E-state index in [9.17, 15) is 37.0 Å². The molecule has 1 amide bonds. The number of nitrogens with zero attached hydrogens (tertiary/aromatic N) is 2. The zero-order chi connectivity index (χ0) is 31.1. The molecule has 0 spiro atoms. The van der Waals surface area contributed by atoms with Crippen LogP contribution >= 0.6 is 11.6 Å². The topological polar surface area (TPSA) is 131 Å². The SMILES string of the molecule is CCn1nc(C(=O)NC[C@]2(O)CC[C@@H](C)C[C@H]2O)c(Cl)c1-c1ccc(C[C@@H](C)C(F)(F)F)cc1OC(F)F.O=S=O. The van der Waals surface area contributed by atoms with Crippen LogP contribution in [-0.2, 0) is 24.5 Å². The van der Waals surface area contributed by atoms with Gasteiger partial charge in [-0.3, -0.25) is 9.48 Å². The molecular formula is C25H31ClF5N3O6S. The smallest absolute Gasteiger partial charge is 0.391 e. The Hall–Kier alpha value is -2.62. The maximum absolute atomic E-state index is 13.2. The van der Waals surface area contributed by atoms with Crippen molar-refractivity contribution in [1.82, 2.24) is 15.1 Å². The summed E-state index contributed by atoms with van der Waals surface area (Å²) in [4.78, 5) is 12.9. The highest BCUT2D eigenvalue weighted by molar-refractivity contribution is 7.51. The molecule has 1 aromatic carbocycles. The first kappa shape index (κ1) is 34.6. The number of amides is 1. The summed E-state index contributed by atoms with van der Waals surface area (Å²) < 4.78 is 88.0. The lowest BCUT2D eigenvalue weighted by molar-refractivity contribution is -0.169. The van der Waals surface area contributed by atoms with Gasteiger partial charge in [0.05, 0.1) is 22.7 Å². The van der Waals surface area contributed by atoms with Crippen LogP contribution in [0.2, 0.25) is 5.02 Å². The van der Waals surface area contributed by atoms with Gasteiger partial charge in [-0.2, -0.15) is 35.5 Å². The van der Waals surface area contributed by atoms with E-state index in [1.165, 1.54) is 16.8 Å². The molecule has 3 N–H and O–H groups in total. The summed E-state index contributed by atoms with van der Waals surface area (Å²) in [6, 6.07) is 3.74. The van der Waals surface area contributed by atoms with Gasteiger partial charge in [-0.15, -0.1) is 0 Å². The number of nitrogens with one attached hydrogen (secondary N) is 1. The Morgan fingerprint density at radius 2 is 1.98 bits per heavy atom. The summed E-state index contributed by atoms with van der Waals surface area (Å²) in [7, 11) is 0. The highest BCUT2D eigenvalue weighted by atomic mass is 35.5. The zero-order valence-electron chi connectivity index (χ0n) is 22.4. The van der Waals surface area contributed by atoms with Crippen molar-refractivity contribution in [2.75, 3.05) is 6.54 Å². The summed E-state index contributed by atoms with van der Waals surface area (Å²) >= 11 is 5.74. The van der Waals surface area contributed by atoms with Crippen LogP contribution in [0.15, 0.2) is 18.2 Å². The van der Waals surface area contributed by atoms with Crippen molar-refractivity contribution in [1.29, 1.82) is 0 Å². The zero-order valence-corrected chi connectivity index (χ0v) is 24.0. The van der Waals surface area contributed by atoms with Crippen LogP contribution in [-0.4, -0.2) is 65.4 Å². The van der Waals surface area contributed by atoms with E-state index >= 15 is 0 Å². The third kappa shape index (κ3) is 8.93. The number of hydrogen-bond donors (Lipinski definition) is 3. The summed E-state index contributed by atoms with van der Waals surface area (Å²) in [6.07, 6.45) is -4.61. The van der Waals surface area contributed by atoms with Crippen LogP contribution in [0.3, 0.4) is 0 Å². The van der Waals surface area contributed by atoms with Crippen LogP contribution < -0.4 is 10.1 Å². The molecule has 0 radical (unpaired) electrons. The number of aliphatic hydroxyl groups excluding tert-OH is 1. The fourth-order valence-electron chi connectivity index (χ4n) is 4.53. The number of aryl methyl sites for hydroxylation is 1. The average molecular weight is 632 g/mol. The molecule has 0 saturated heterocycles. The van der Waals surface area contributed by atoms with Gasteiger partial charge in [0.25, 0.3) is 5.91 Å². The highest BCUT2D eigenvalue weighted by Crippen LogP contribution is 2.39. The van der Waals surface area contributed by atoms with Gasteiger partial charge in [-0.05, 0) is 56.2 Å². The van der Waals surface area contributed by atoms with Crippen molar-refractivity contribution in [2.45, 2.75) is 77.5 Å².